The van der Waals surface area contributed by atoms with Gasteiger partial charge in [-0.3, -0.25) is 5.41 Å². The van der Waals surface area contributed by atoms with E-state index in [1.54, 1.807) is 0 Å². The Balaban J connectivity index is 2.22. The lowest BCUT2D eigenvalue weighted by atomic mass is 9.89. The van der Waals surface area contributed by atoms with E-state index in [4.69, 9.17) is 11.1 Å². The van der Waals surface area contributed by atoms with Crippen LogP contribution in [-0.4, -0.2) is 30.9 Å². The zero-order chi connectivity index (χ0) is 11.3. The molecule has 1 atom stereocenters. The molecular weight excluding hydrogens is 186 g/mol. The van der Waals surface area contributed by atoms with Gasteiger partial charge in [-0.1, -0.05) is 26.2 Å². The average molecular weight is 211 g/mol. The van der Waals surface area contributed by atoms with Crippen LogP contribution in [0.4, 0.5) is 0 Å². The quantitative estimate of drug-likeness (QED) is 0.540. The van der Waals surface area contributed by atoms with E-state index >= 15 is 0 Å². The number of nitrogens with one attached hydrogen (secondary N) is 1. The van der Waals surface area contributed by atoms with Gasteiger partial charge in [-0.15, -0.1) is 0 Å². The minimum absolute atomic E-state index is 0.193. The van der Waals surface area contributed by atoms with Gasteiger partial charge in [0.05, 0.1) is 5.84 Å². The Labute approximate surface area is 93.5 Å². The van der Waals surface area contributed by atoms with Gasteiger partial charge in [0.15, 0.2) is 0 Å². The molecule has 1 saturated carbocycles. The Kier molecular flexibility index (Phi) is 5.09. The lowest BCUT2D eigenvalue weighted by Crippen LogP contribution is -2.35. The molecule has 1 fully saturated rings. The SMILES string of the molecule is CC(CN(C)CC1CCCCC1)C(=N)N. The molecule has 3 nitrogen and oxygen atoms in total. The zero-order valence-electron chi connectivity index (χ0n) is 10.1. The normalized spacial score (nSPS) is 20.5. The molecule has 88 valence electrons. The van der Waals surface area contributed by atoms with Crippen molar-refractivity contribution in [1.82, 2.24) is 4.90 Å². The first-order valence-electron chi connectivity index (χ1n) is 6.12. The van der Waals surface area contributed by atoms with Crippen molar-refractivity contribution in [2.45, 2.75) is 39.0 Å². The number of amidine groups is 1. The highest BCUT2D eigenvalue weighted by atomic mass is 15.1. The van der Waals surface area contributed by atoms with Crippen LogP contribution in [0.2, 0.25) is 0 Å². The predicted molar refractivity (Wildman–Crippen MR) is 65.2 cm³/mol. The molecule has 0 spiro atoms. The van der Waals surface area contributed by atoms with E-state index in [1.165, 1.54) is 38.6 Å². The molecule has 1 aliphatic carbocycles. The first kappa shape index (κ1) is 12.5. The third-order valence-corrected chi connectivity index (χ3v) is 3.41. The summed E-state index contributed by atoms with van der Waals surface area (Å²) in [5.74, 6) is 1.38. The van der Waals surface area contributed by atoms with Gasteiger partial charge < -0.3 is 10.6 Å². The fourth-order valence-electron chi connectivity index (χ4n) is 2.45. The summed E-state index contributed by atoms with van der Waals surface area (Å²) in [7, 11) is 2.15. The highest BCUT2D eigenvalue weighted by molar-refractivity contribution is 5.79. The van der Waals surface area contributed by atoms with Crippen LogP contribution < -0.4 is 5.73 Å². The van der Waals surface area contributed by atoms with Crippen molar-refractivity contribution < 1.29 is 0 Å². The van der Waals surface area contributed by atoms with E-state index in [-0.39, 0.29) is 5.92 Å². The third kappa shape index (κ3) is 4.65. The van der Waals surface area contributed by atoms with Gasteiger partial charge in [0.1, 0.15) is 0 Å². The van der Waals surface area contributed by atoms with E-state index < -0.39 is 0 Å². The smallest absolute Gasteiger partial charge is 0.0947 e. The summed E-state index contributed by atoms with van der Waals surface area (Å²) in [5.41, 5.74) is 5.47. The molecule has 0 aliphatic heterocycles. The Morgan fingerprint density at radius 1 is 1.40 bits per heavy atom. The van der Waals surface area contributed by atoms with Crippen molar-refractivity contribution in [3.8, 4) is 0 Å². The molecule has 1 unspecified atom stereocenters. The van der Waals surface area contributed by atoms with Crippen molar-refractivity contribution in [3.05, 3.63) is 0 Å². The van der Waals surface area contributed by atoms with Crippen LogP contribution >= 0.6 is 0 Å². The molecule has 15 heavy (non-hydrogen) atoms. The van der Waals surface area contributed by atoms with Gasteiger partial charge in [0, 0.05) is 19.0 Å². The number of rotatable bonds is 5. The monoisotopic (exact) mass is 211 g/mol. The summed E-state index contributed by atoms with van der Waals surface area (Å²) in [5, 5.41) is 7.36. The minimum Gasteiger partial charge on any atom is -0.387 e. The third-order valence-electron chi connectivity index (χ3n) is 3.41. The van der Waals surface area contributed by atoms with Gasteiger partial charge in [-0.25, -0.2) is 0 Å². The van der Waals surface area contributed by atoms with Crippen molar-refractivity contribution in [2.24, 2.45) is 17.6 Å². The first-order chi connectivity index (χ1) is 7.09. The molecule has 3 N–H and O–H groups in total. The molecule has 0 heterocycles. The minimum atomic E-state index is 0.193. The summed E-state index contributed by atoms with van der Waals surface area (Å²) in [6, 6.07) is 0. The second-order valence-corrected chi connectivity index (χ2v) is 5.08. The van der Waals surface area contributed by atoms with Gasteiger partial charge in [-0.05, 0) is 25.8 Å². The Morgan fingerprint density at radius 3 is 2.53 bits per heavy atom. The van der Waals surface area contributed by atoms with Crippen LogP contribution in [0.15, 0.2) is 0 Å². The van der Waals surface area contributed by atoms with Gasteiger partial charge >= 0.3 is 0 Å². The van der Waals surface area contributed by atoms with Crippen molar-refractivity contribution in [1.29, 1.82) is 5.41 Å². The zero-order valence-corrected chi connectivity index (χ0v) is 10.1. The molecule has 0 aromatic rings. The fourth-order valence-corrected chi connectivity index (χ4v) is 2.45. The van der Waals surface area contributed by atoms with E-state index in [0.29, 0.717) is 5.84 Å². The lowest BCUT2D eigenvalue weighted by molar-refractivity contribution is 0.225. The summed E-state index contributed by atoms with van der Waals surface area (Å²) >= 11 is 0. The second kappa shape index (κ2) is 6.11. The average Bonchev–Trinajstić information content (AvgIpc) is 2.18. The number of hydrogen-bond acceptors (Lipinski definition) is 2. The number of nitrogens with two attached hydrogens (primary N) is 1. The van der Waals surface area contributed by atoms with Gasteiger partial charge in [-0.2, -0.15) is 0 Å². The van der Waals surface area contributed by atoms with Crippen LogP contribution in [0.1, 0.15) is 39.0 Å². The van der Waals surface area contributed by atoms with E-state index in [1.807, 2.05) is 6.92 Å². The molecule has 1 aliphatic rings. The van der Waals surface area contributed by atoms with E-state index in [2.05, 4.69) is 11.9 Å². The van der Waals surface area contributed by atoms with Crippen LogP contribution in [0.25, 0.3) is 0 Å². The maximum Gasteiger partial charge on any atom is 0.0947 e. The van der Waals surface area contributed by atoms with Crippen LogP contribution in [0.3, 0.4) is 0 Å². The molecule has 3 heteroatoms. The highest BCUT2D eigenvalue weighted by Crippen LogP contribution is 2.24. The summed E-state index contributed by atoms with van der Waals surface area (Å²) in [4.78, 5) is 2.34. The standard InChI is InChI=1S/C12H25N3/c1-10(12(13)14)8-15(2)9-11-6-4-3-5-7-11/h10-11H,3-9H2,1-2H3,(H3,13,14). The molecule has 0 amide bonds. The lowest BCUT2D eigenvalue weighted by Gasteiger charge is -2.28. The Morgan fingerprint density at radius 2 is 2.00 bits per heavy atom. The summed E-state index contributed by atoms with van der Waals surface area (Å²) in [6.07, 6.45) is 7.00. The molecular formula is C12H25N3. The summed E-state index contributed by atoms with van der Waals surface area (Å²) in [6.45, 7) is 4.13. The first-order valence-corrected chi connectivity index (χ1v) is 6.12. The van der Waals surface area contributed by atoms with Crippen LogP contribution in [0, 0.1) is 17.2 Å². The second-order valence-electron chi connectivity index (χ2n) is 5.08. The molecule has 0 radical (unpaired) electrons. The van der Waals surface area contributed by atoms with E-state index in [9.17, 15) is 0 Å². The maximum absolute atomic E-state index is 7.36. The Bertz CT molecular complexity index is 197. The van der Waals surface area contributed by atoms with Crippen LogP contribution in [0.5, 0.6) is 0 Å². The molecule has 0 aromatic heterocycles. The topological polar surface area (TPSA) is 53.1 Å². The summed E-state index contributed by atoms with van der Waals surface area (Å²) < 4.78 is 0. The van der Waals surface area contributed by atoms with Crippen LogP contribution in [-0.2, 0) is 0 Å². The van der Waals surface area contributed by atoms with Crippen molar-refractivity contribution in [3.63, 3.8) is 0 Å². The maximum atomic E-state index is 7.36. The van der Waals surface area contributed by atoms with Gasteiger partial charge in [0.2, 0.25) is 0 Å². The highest BCUT2D eigenvalue weighted by Gasteiger charge is 2.16. The molecule has 1 rings (SSSR count). The molecule has 0 aromatic carbocycles. The van der Waals surface area contributed by atoms with E-state index in [0.717, 1.165) is 12.5 Å². The largest absolute Gasteiger partial charge is 0.387 e. The van der Waals surface area contributed by atoms with Crippen molar-refractivity contribution in [2.75, 3.05) is 20.1 Å². The number of hydrogen-bond donors (Lipinski definition) is 2. The number of nitrogens with zero attached hydrogens (tertiary/aromatic N) is 1. The van der Waals surface area contributed by atoms with Crippen molar-refractivity contribution >= 4 is 5.84 Å². The Hall–Kier alpha value is -0.570. The predicted octanol–water partition coefficient (Wildman–Crippen LogP) is 2.07. The fraction of sp³-hybridized carbons (Fsp3) is 0.917. The molecule has 0 bridgehead atoms. The molecule has 0 saturated heterocycles. The van der Waals surface area contributed by atoms with Gasteiger partial charge in [0.25, 0.3) is 0 Å².